The highest BCUT2D eigenvalue weighted by Crippen LogP contribution is 2.26. The molecule has 1 aromatic heterocycles. The molecule has 0 saturated carbocycles. The molecule has 1 aliphatic rings. The molecule has 2 rings (SSSR count). The van der Waals surface area contributed by atoms with Crippen molar-refractivity contribution in [1.82, 2.24) is 20.5 Å². The van der Waals surface area contributed by atoms with Crippen LogP contribution in [0.4, 0.5) is 4.79 Å². The summed E-state index contributed by atoms with van der Waals surface area (Å²) in [7, 11) is 0. The molecule has 0 unspecified atom stereocenters. The van der Waals surface area contributed by atoms with Gasteiger partial charge in [0.05, 0.1) is 5.54 Å². The van der Waals surface area contributed by atoms with Crippen LogP contribution in [-0.4, -0.2) is 40.5 Å². The van der Waals surface area contributed by atoms with E-state index in [0.29, 0.717) is 13.1 Å². The number of urea groups is 1. The number of amides is 3. The minimum atomic E-state index is -0.805. The molecule has 0 spiro atoms. The van der Waals surface area contributed by atoms with E-state index in [1.54, 1.807) is 31.4 Å². The first-order valence-corrected chi connectivity index (χ1v) is 7.97. The van der Waals surface area contributed by atoms with Gasteiger partial charge in [-0.2, -0.15) is 0 Å². The molecule has 7 heteroatoms. The van der Waals surface area contributed by atoms with E-state index in [9.17, 15) is 9.59 Å². The molecule has 1 atom stereocenters. The van der Waals surface area contributed by atoms with Crippen LogP contribution >= 0.6 is 11.3 Å². The summed E-state index contributed by atoms with van der Waals surface area (Å²) in [6.45, 7) is 8.50. The molecule has 116 valence electrons. The molecule has 6 nitrogen and oxygen atoms in total. The van der Waals surface area contributed by atoms with E-state index in [1.165, 1.54) is 4.90 Å². The summed E-state index contributed by atoms with van der Waals surface area (Å²) < 4.78 is 0. The summed E-state index contributed by atoms with van der Waals surface area (Å²) in [6.07, 6.45) is 2.67. The third kappa shape index (κ3) is 3.08. The molecule has 2 N–H and O–H groups in total. The van der Waals surface area contributed by atoms with Crippen LogP contribution < -0.4 is 10.6 Å². The SMILES string of the molecule is CC[C@@](C)(NCCN1C(=O)NC(C)(C)C1=O)c1nccs1. The number of nitrogens with one attached hydrogen (secondary N) is 2. The Kier molecular flexibility index (Phi) is 4.34. The van der Waals surface area contributed by atoms with Crippen LogP contribution in [0.15, 0.2) is 11.6 Å². The van der Waals surface area contributed by atoms with Crippen LogP contribution in [0.2, 0.25) is 0 Å². The monoisotopic (exact) mass is 310 g/mol. The summed E-state index contributed by atoms with van der Waals surface area (Å²) in [4.78, 5) is 29.5. The number of carbonyl (C=O) groups excluding carboxylic acids is 2. The van der Waals surface area contributed by atoms with E-state index >= 15 is 0 Å². The van der Waals surface area contributed by atoms with Gasteiger partial charge < -0.3 is 10.6 Å². The first-order chi connectivity index (χ1) is 9.80. The Morgan fingerprint density at radius 3 is 2.67 bits per heavy atom. The summed E-state index contributed by atoms with van der Waals surface area (Å²) in [5.74, 6) is -0.179. The van der Waals surface area contributed by atoms with Crippen molar-refractivity contribution in [3.05, 3.63) is 16.6 Å². The Morgan fingerprint density at radius 1 is 1.48 bits per heavy atom. The fourth-order valence-electron chi connectivity index (χ4n) is 2.31. The smallest absolute Gasteiger partial charge is 0.324 e. The third-order valence-corrected chi connectivity index (χ3v) is 4.94. The number of aromatic nitrogens is 1. The third-order valence-electron chi connectivity index (χ3n) is 3.91. The van der Waals surface area contributed by atoms with Gasteiger partial charge in [0.1, 0.15) is 10.5 Å². The predicted molar refractivity (Wildman–Crippen MR) is 82.1 cm³/mol. The van der Waals surface area contributed by atoms with Crippen LogP contribution in [0.5, 0.6) is 0 Å². The van der Waals surface area contributed by atoms with Crippen molar-refractivity contribution in [3.63, 3.8) is 0 Å². The lowest BCUT2D eigenvalue weighted by Gasteiger charge is -2.28. The van der Waals surface area contributed by atoms with Crippen molar-refractivity contribution in [1.29, 1.82) is 0 Å². The summed E-state index contributed by atoms with van der Waals surface area (Å²) >= 11 is 1.60. The Balaban J connectivity index is 1.95. The second-order valence-electron chi connectivity index (χ2n) is 5.96. The van der Waals surface area contributed by atoms with Gasteiger partial charge in [0.15, 0.2) is 0 Å². The number of hydrogen-bond donors (Lipinski definition) is 2. The maximum Gasteiger partial charge on any atom is 0.325 e. The van der Waals surface area contributed by atoms with Crippen molar-refractivity contribution in [3.8, 4) is 0 Å². The summed E-state index contributed by atoms with van der Waals surface area (Å²) in [5, 5.41) is 9.06. The zero-order valence-electron chi connectivity index (χ0n) is 12.9. The zero-order valence-corrected chi connectivity index (χ0v) is 13.7. The molecular weight excluding hydrogens is 288 g/mol. The predicted octanol–water partition coefficient (Wildman–Crippen LogP) is 1.69. The van der Waals surface area contributed by atoms with E-state index < -0.39 is 5.54 Å². The molecule has 1 aromatic rings. The number of imide groups is 1. The lowest BCUT2D eigenvalue weighted by atomic mass is 10.00. The van der Waals surface area contributed by atoms with E-state index in [2.05, 4.69) is 29.5 Å². The number of rotatable bonds is 6. The molecule has 0 radical (unpaired) electrons. The van der Waals surface area contributed by atoms with E-state index in [0.717, 1.165) is 11.4 Å². The molecule has 3 amide bonds. The largest absolute Gasteiger partial charge is 0.325 e. The van der Waals surface area contributed by atoms with Crippen molar-refractivity contribution < 1.29 is 9.59 Å². The molecule has 0 bridgehead atoms. The number of thiazole rings is 1. The minimum absolute atomic E-state index is 0.179. The minimum Gasteiger partial charge on any atom is -0.324 e. The number of hydrogen-bond acceptors (Lipinski definition) is 5. The average molecular weight is 310 g/mol. The second kappa shape index (κ2) is 5.73. The van der Waals surface area contributed by atoms with Gasteiger partial charge in [0.2, 0.25) is 0 Å². The quantitative estimate of drug-likeness (QED) is 0.784. The van der Waals surface area contributed by atoms with Crippen molar-refractivity contribution in [2.75, 3.05) is 13.1 Å². The zero-order chi connectivity index (χ0) is 15.7. The van der Waals surface area contributed by atoms with Crippen LogP contribution in [0.1, 0.15) is 39.1 Å². The van der Waals surface area contributed by atoms with Gasteiger partial charge >= 0.3 is 6.03 Å². The van der Waals surface area contributed by atoms with Gasteiger partial charge in [0, 0.05) is 24.7 Å². The Hall–Kier alpha value is -1.47. The molecule has 2 heterocycles. The van der Waals surface area contributed by atoms with Crippen molar-refractivity contribution in [2.24, 2.45) is 0 Å². The Morgan fingerprint density at radius 2 is 2.19 bits per heavy atom. The Labute approximate surface area is 128 Å². The molecule has 1 fully saturated rings. The second-order valence-corrected chi connectivity index (χ2v) is 6.86. The van der Waals surface area contributed by atoms with Crippen LogP contribution in [0.25, 0.3) is 0 Å². The van der Waals surface area contributed by atoms with Crippen molar-refractivity contribution >= 4 is 23.3 Å². The fourth-order valence-corrected chi connectivity index (χ4v) is 3.16. The highest BCUT2D eigenvalue weighted by atomic mass is 32.1. The van der Waals surface area contributed by atoms with Crippen LogP contribution in [0, 0.1) is 0 Å². The van der Waals surface area contributed by atoms with E-state index in [4.69, 9.17) is 0 Å². The lowest BCUT2D eigenvalue weighted by Crippen LogP contribution is -2.45. The van der Waals surface area contributed by atoms with Gasteiger partial charge in [0.25, 0.3) is 5.91 Å². The number of carbonyl (C=O) groups is 2. The normalized spacial score (nSPS) is 20.5. The maximum atomic E-state index is 12.1. The first kappa shape index (κ1) is 15.9. The number of nitrogens with zero attached hydrogens (tertiary/aromatic N) is 2. The van der Waals surface area contributed by atoms with Crippen LogP contribution in [0.3, 0.4) is 0 Å². The lowest BCUT2D eigenvalue weighted by molar-refractivity contribution is -0.130. The highest BCUT2D eigenvalue weighted by Gasteiger charge is 2.44. The maximum absolute atomic E-state index is 12.1. The summed E-state index contributed by atoms with van der Waals surface area (Å²) in [5.41, 5.74) is -1.04. The van der Waals surface area contributed by atoms with Gasteiger partial charge in [-0.1, -0.05) is 6.92 Å². The molecule has 0 aromatic carbocycles. The van der Waals surface area contributed by atoms with Crippen molar-refractivity contribution in [2.45, 2.75) is 45.2 Å². The van der Waals surface area contributed by atoms with Gasteiger partial charge in [-0.05, 0) is 27.2 Å². The molecule has 21 heavy (non-hydrogen) atoms. The Bertz CT molecular complexity index is 529. The topological polar surface area (TPSA) is 74.3 Å². The molecule has 0 aliphatic carbocycles. The van der Waals surface area contributed by atoms with Gasteiger partial charge in [-0.25, -0.2) is 9.78 Å². The van der Waals surface area contributed by atoms with Gasteiger partial charge in [-0.15, -0.1) is 11.3 Å². The molecule has 1 saturated heterocycles. The fraction of sp³-hybridized carbons (Fsp3) is 0.643. The molecule has 1 aliphatic heterocycles. The van der Waals surface area contributed by atoms with E-state index in [1.807, 2.05) is 5.38 Å². The average Bonchev–Trinajstić information content (AvgIpc) is 3.01. The summed E-state index contributed by atoms with van der Waals surface area (Å²) in [6, 6.07) is -0.320. The molecular formula is C14H22N4O2S. The van der Waals surface area contributed by atoms with E-state index in [-0.39, 0.29) is 17.5 Å². The standard InChI is InChI=1S/C14H22N4O2S/c1-5-14(4,10-15-7-9-21-10)16-6-8-18-11(19)13(2,3)17-12(18)20/h7,9,16H,5-6,8H2,1-4H3,(H,17,20)/t14-/m1/s1. The van der Waals surface area contributed by atoms with Crippen LogP contribution in [-0.2, 0) is 10.3 Å². The van der Waals surface area contributed by atoms with Gasteiger partial charge in [-0.3, -0.25) is 9.69 Å². The first-order valence-electron chi connectivity index (χ1n) is 7.09. The highest BCUT2D eigenvalue weighted by molar-refractivity contribution is 7.09.